The lowest BCUT2D eigenvalue weighted by molar-refractivity contribution is -0.125. The predicted octanol–water partition coefficient (Wildman–Crippen LogP) is 2.15. The van der Waals surface area contributed by atoms with E-state index in [9.17, 15) is 4.79 Å². The second-order valence-electron chi connectivity index (χ2n) is 5.65. The summed E-state index contributed by atoms with van der Waals surface area (Å²) >= 11 is 6.09. The first kappa shape index (κ1) is 15.1. The zero-order valence-electron chi connectivity index (χ0n) is 12.1. The van der Waals surface area contributed by atoms with Crippen LogP contribution in [0.2, 0.25) is 5.02 Å². The van der Waals surface area contributed by atoms with Gasteiger partial charge >= 0.3 is 0 Å². The number of hydrogen-bond acceptors (Lipinski definition) is 3. The molecule has 110 valence electrons. The molecule has 1 amide bonds. The molecular formula is C15H22ClN3O. The van der Waals surface area contributed by atoms with Crippen molar-refractivity contribution in [2.75, 3.05) is 24.5 Å². The number of nitrogens with two attached hydrogens (primary N) is 1. The third-order valence-electron chi connectivity index (χ3n) is 4.02. The van der Waals surface area contributed by atoms with E-state index in [0.29, 0.717) is 6.54 Å². The normalized spacial score (nSPS) is 22.2. The van der Waals surface area contributed by atoms with Crippen LogP contribution in [0, 0.1) is 5.41 Å². The number of anilines is 1. The van der Waals surface area contributed by atoms with Crippen LogP contribution in [0.4, 0.5) is 5.69 Å². The molecule has 0 spiro atoms. The number of halogens is 1. The number of rotatable bonds is 5. The molecule has 1 unspecified atom stereocenters. The maximum absolute atomic E-state index is 11.6. The predicted molar refractivity (Wildman–Crippen MR) is 83.0 cm³/mol. The molecule has 3 N–H and O–H groups in total. The van der Waals surface area contributed by atoms with Gasteiger partial charge in [0.15, 0.2) is 0 Å². The molecule has 0 radical (unpaired) electrons. The lowest BCUT2D eigenvalue weighted by Crippen LogP contribution is -2.37. The largest absolute Gasteiger partial charge is 0.370 e. The Hall–Kier alpha value is -1.26. The van der Waals surface area contributed by atoms with Gasteiger partial charge < -0.3 is 16.0 Å². The smallest absolute Gasteiger partial charge is 0.225 e. The summed E-state index contributed by atoms with van der Waals surface area (Å²) in [5.41, 5.74) is 7.38. The van der Waals surface area contributed by atoms with Gasteiger partial charge in [0, 0.05) is 30.3 Å². The zero-order valence-corrected chi connectivity index (χ0v) is 12.8. The summed E-state index contributed by atoms with van der Waals surface area (Å²) in [5.74, 6) is -0.220. The molecule has 1 aromatic rings. The first-order chi connectivity index (χ1) is 9.46. The van der Waals surface area contributed by atoms with E-state index in [4.69, 9.17) is 17.3 Å². The molecule has 1 aliphatic rings. The van der Waals surface area contributed by atoms with Gasteiger partial charge in [-0.2, -0.15) is 0 Å². The molecule has 1 saturated heterocycles. The monoisotopic (exact) mass is 295 g/mol. The van der Waals surface area contributed by atoms with Gasteiger partial charge in [-0.1, -0.05) is 18.5 Å². The van der Waals surface area contributed by atoms with Crippen molar-refractivity contribution < 1.29 is 4.79 Å². The van der Waals surface area contributed by atoms with Crippen LogP contribution in [-0.4, -0.2) is 25.5 Å². The standard InChI is InChI=1S/C15H22ClN3O/c1-3-18-9-11-8-12(16)4-5-13(11)19-7-6-15(2,10-19)14(17)20/h4-5,8,18H,3,6-7,9-10H2,1-2H3,(H2,17,20). The summed E-state index contributed by atoms with van der Waals surface area (Å²) in [7, 11) is 0. The Balaban J connectivity index is 2.23. The van der Waals surface area contributed by atoms with E-state index in [-0.39, 0.29) is 5.91 Å². The first-order valence-corrected chi connectivity index (χ1v) is 7.38. The minimum atomic E-state index is -0.435. The van der Waals surface area contributed by atoms with Crippen molar-refractivity contribution >= 4 is 23.2 Å². The molecule has 0 aromatic heterocycles. The molecular weight excluding hydrogens is 274 g/mol. The van der Waals surface area contributed by atoms with Gasteiger partial charge in [-0.3, -0.25) is 4.79 Å². The summed E-state index contributed by atoms with van der Waals surface area (Å²) < 4.78 is 0. The Morgan fingerprint density at radius 2 is 2.30 bits per heavy atom. The molecule has 1 aromatic carbocycles. The quantitative estimate of drug-likeness (QED) is 0.875. The highest BCUT2D eigenvalue weighted by molar-refractivity contribution is 6.30. The van der Waals surface area contributed by atoms with Gasteiger partial charge in [-0.25, -0.2) is 0 Å². The lowest BCUT2D eigenvalue weighted by atomic mass is 9.89. The van der Waals surface area contributed by atoms with Crippen molar-refractivity contribution in [3.63, 3.8) is 0 Å². The molecule has 4 nitrogen and oxygen atoms in total. The molecule has 1 fully saturated rings. The van der Waals surface area contributed by atoms with Crippen molar-refractivity contribution in [3.8, 4) is 0 Å². The van der Waals surface area contributed by atoms with Crippen LogP contribution >= 0.6 is 11.6 Å². The van der Waals surface area contributed by atoms with Crippen molar-refractivity contribution in [3.05, 3.63) is 28.8 Å². The number of primary amides is 1. The molecule has 0 aliphatic carbocycles. The van der Waals surface area contributed by atoms with Crippen LogP contribution in [0.1, 0.15) is 25.8 Å². The second kappa shape index (κ2) is 6.02. The van der Waals surface area contributed by atoms with Gasteiger partial charge in [-0.15, -0.1) is 0 Å². The maximum atomic E-state index is 11.6. The van der Waals surface area contributed by atoms with E-state index >= 15 is 0 Å². The third kappa shape index (κ3) is 3.07. The minimum Gasteiger partial charge on any atom is -0.370 e. The summed E-state index contributed by atoms with van der Waals surface area (Å²) in [6.07, 6.45) is 0.797. The van der Waals surface area contributed by atoms with Crippen LogP contribution in [0.5, 0.6) is 0 Å². The van der Waals surface area contributed by atoms with Crippen LogP contribution in [-0.2, 0) is 11.3 Å². The topological polar surface area (TPSA) is 58.4 Å². The van der Waals surface area contributed by atoms with Crippen LogP contribution in [0.15, 0.2) is 18.2 Å². The fourth-order valence-corrected chi connectivity index (χ4v) is 2.83. The van der Waals surface area contributed by atoms with Crippen molar-refractivity contribution in [2.24, 2.45) is 11.1 Å². The SMILES string of the molecule is CCNCc1cc(Cl)ccc1N1CCC(C)(C(N)=O)C1. The van der Waals surface area contributed by atoms with E-state index in [2.05, 4.69) is 17.1 Å². The van der Waals surface area contributed by atoms with Crippen molar-refractivity contribution in [2.45, 2.75) is 26.8 Å². The number of benzene rings is 1. The summed E-state index contributed by atoms with van der Waals surface area (Å²) in [5, 5.41) is 4.06. The number of amides is 1. The minimum absolute atomic E-state index is 0.220. The van der Waals surface area contributed by atoms with Crippen LogP contribution in [0.3, 0.4) is 0 Å². The number of carbonyl (C=O) groups excluding carboxylic acids is 1. The number of nitrogens with zero attached hydrogens (tertiary/aromatic N) is 1. The Morgan fingerprint density at radius 3 is 2.90 bits per heavy atom. The molecule has 0 saturated carbocycles. The van der Waals surface area contributed by atoms with E-state index in [1.807, 2.05) is 25.1 Å². The number of hydrogen-bond donors (Lipinski definition) is 2. The van der Waals surface area contributed by atoms with E-state index in [1.165, 1.54) is 0 Å². The maximum Gasteiger partial charge on any atom is 0.225 e. The Morgan fingerprint density at radius 1 is 1.55 bits per heavy atom. The highest BCUT2D eigenvalue weighted by Gasteiger charge is 2.39. The molecule has 20 heavy (non-hydrogen) atoms. The fraction of sp³-hybridized carbons (Fsp3) is 0.533. The number of carbonyl (C=O) groups is 1. The third-order valence-corrected chi connectivity index (χ3v) is 4.25. The average Bonchev–Trinajstić information content (AvgIpc) is 2.80. The Bertz CT molecular complexity index is 506. The summed E-state index contributed by atoms with van der Waals surface area (Å²) in [6, 6.07) is 5.91. The fourth-order valence-electron chi connectivity index (χ4n) is 2.63. The van der Waals surface area contributed by atoms with Crippen LogP contribution < -0.4 is 16.0 Å². The van der Waals surface area contributed by atoms with Gasteiger partial charge in [0.05, 0.1) is 5.41 Å². The first-order valence-electron chi connectivity index (χ1n) is 7.00. The molecule has 2 rings (SSSR count). The van der Waals surface area contributed by atoms with E-state index in [0.717, 1.165) is 42.3 Å². The Kier molecular flexibility index (Phi) is 4.55. The van der Waals surface area contributed by atoms with Gasteiger partial charge in [0.2, 0.25) is 5.91 Å². The molecule has 0 bridgehead atoms. The van der Waals surface area contributed by atoms with Crippen molar-refractivity contribution in [1.82, 2.24) is 5.32 Å². The lowest BCUT2D eigenvalue weighted by Gasteiger charge is -2.25. The van der Waals surface area contributed by atoms with E-state index in [1.54, 1.807) is 0 Å². The average molecular weight is 296 g/mol. The summed E-state index contributed by atoms with van der Waals surface area (Å²) in [6.45, 7) is 7.21. The molecule has 1 atom stereocenters. The van der Waals surface area contributed by atoms with Gasteiger partial charge in [-0.05, 0) is 43.7 Å². The second-order valence-corrected chi connectivity index (χ2v) is 6.09. The highest BCUT2D eigenvalue weighted by Crippen LogP contribution is 2.35. The number of nitrogens with one attached hydrogen (secondary N) is 1. The molecule has 5 heteroatoms. The van der Waals surface area contributed by atoms with Crippen molar-refractivity contribution in [1.29, 1.82) is 0 Å². The zero-order chi connectivity index (χ0) is 14.8. The van der Waals surface area contributed by atoms with E-state index < -0.39 is 5.41 Å². The van der Waals surface area contributed by atoms with Gasteiger partial charge in [0.1, 0.15) is 0 Å². The molecule has 1 aliphatic heterocycles. The Labute approximate surface area is 125 Å². The van der Waals surface area contributed by atoms with Gasteiger partial charge in [0.25, 0.3) is 0 Å². The highest BCUT2D eigenvalue weighted by atomic mass is 35.5. The van der Waals surface area contributed by atoms with Crippen LogP contribution in [0.25, 0.3) is 0 Å². The molecule has 1 heterocycles. The summed E-state index contributed by atoms with van der Waals surface area (Å²) in [4.78, 5) is 13.8.